The van der Waals surface area contributed by atoms with Crippen LogP contribution in [0.4, 0.5) is 0 Å². The third-order valence-electron chi connectivity index (χ3n) is 3.27. The average molecular weight is 292 g/mol. The fourth-order valence-electron chi connectivity index (χ4n) is 2.00. The number of nitrogens with two attached hydrogens (primary N) is 1. The Kier molecular flexibility index (Phi) is 7.23. The molecule has 1 amide bonds. The van der Waals surface area contributed by atoms with E-state index >= 15 is 0 Å². The van der Waals surface area contributed by atoms with Crippen LogP contribution in [-0.2, 0) is 11.2 Å². The number of hydrogen-bond acceptors (Lipinski definition) is 3. The lowest BCUT2D eigenvalue weighted by Crippen LogP contribution is -2.45. The first-order chi connectivity index (χ1) is 9.90. The van der Waals surface area contributed by atoms with Gasteiger partial charge in [-0.1, -0.05) is 18.6 Å². The Morgan fingerprint density at radius 1 is 1.19 bits per heavy atom. The number of nitrogens with one attached hydrogen (secondary N) is 1. The number of ether oxygens (including phenoxy) is 1. The van der Waals surface area contributed by atoms with Crippen LogP contribution >= 0.6 is 0 Å². The van der Waals surface area contributed by atoms with Crippen LogP contribution in [-0.4, -0.2) is 25.1 Å². The molecule has 0 atom stereocenters. The van der Waals surface area contributed by atoms with Gasteiger partial charge in [0.25, 0.3) is 0 Å². The van der Waals surface area contributed by atoms with Gasteiger partial charge >= 0.3 is 0 Å². The molecular formula is C17H28N2O2. The second-order valence-electron chi connectivity index (χ2n) is 6.17. The summed E-state index contributed by atoms with van der Waals surface area (Å²) in [5.74, 6) is 0.983. The molecule has 0 fully saturated rings. The summed E-state index contributed by atoms with van der Waals surface area (Å²) >= 11 is 0. The van der Waals surface area contributed by atoms with Gasteiger partial charge in [0.05, 0.1) is 7.11 Å². The van der Waals surface area contributed by atoms with Crippen LogP contribution in [0.3, 0.4) is 0 Å². The van der Waals surface area contributed by atoms with Crippen molar-refractivity contribution in [1.29, 1.82) is 0 Å². The Morgan fingerprint density at radius 2 is 1.86 bits per heavy atom. The van der Waals surface area contributed by atoms with Crippen molar-refractivity contribution in [2.45, 2.75) is 51.5 Å². The molecule has 4 heteroatoms. The fraction of sp³-hybridized carbons (Fsp3) is 0.588. The zero-order chi connectivity index (χ0) is 15.7. The zero-order valence-electron chi connectivity index (χ0n) is 13.4. The summed E-state index contributed by atoms with van der Waals surface area (Å²) in [7, 11) is 1.67. The highest BCUT2D eigenvalue weighted by molar-refractivity contribution is 5.75. The van der Waals surface area contributed by atoms with Gasteiger partial charge in [-0.2, -0.15) is 0 Å². The molecule has 118 valence electrons. The SMILES string of the molecule is COc1ccc(CCCCCC(=O)NCC(C)(C)N)cc1. The third kappa shape index (κ3) is 8.35. The lowest BCUT2D eigenvalue weighted by Gasteiger charge is -2.18. The monoisotopic (exact) mass is 292 g/mol. The molecular weight excluding hydrogens is 264 g/mol. The maximum absolute atomic E-state index is 11.6. The van der Waals surface area contributed by atoms with Gasteiger partial charge in [0.1, 0.15) is 5.75 Å². The number of unbranched alkanes of at least 4 members (excludes halogenated alkanes) is 2. The van der Waals surface area contributed by atoms with E-state index in [1.54, 1.807) is 7.11 Å². The first-order valence-corrected chi connectivity index (χ1v) is 7.59. The number of carbonyl (C=O) groups is 1. The normalized spacial score (nSPS) is 11.2. The van der Waals surface area contributed by atoms with E-state index in [0.29, 0.717) is 13.0 Å². The highest BCUT2D eigenvalue weighted by Gasteiger charge is 2.11. The number of methoxy groups -OCH3 is 1. The van der Waals surface area contributed by atoms with Crippen molar-refractivity contribution < 1.29 is 9.53 Å². The molecule has 21 heavy (non-hydrogen) atoms. The van der Waals surface area contributed by atoms with Gasteiger partial charge in [-0.05, 0) is 50.8 Å². The Balaban J connectivity index is 2.09. The van der Waals surface area contributed by atoms with E-state index in [1.165, 1.54) is 5.56 Å². The summed E-state index contributed by atoms with van der Waals surface area (Å²) in [4.78, 5) is 11.6. The molecule has 0 saturated heterocycles. The van der Waals surface area contributed by atoms with Crippen molar-refractivity contribution in [3.8, 4) is 5.75 Å². The van der Waals surface area contributed by atoms with Crippen molar-refractivity contribution in [1.82, 2.24) is 5.32 Å². The maximum atomic E-state index is 11.6. The van der Waals surface area contributed by atoms with Gasteiger partial charge in [-0.3, -0.25) is 4.79 Å². The Morgan fingerprint density at radius 3 is 2.43 bits per heavy atom. The number of aryl methyl sites for hydroxylation is 1. The third-order valence-corrected chi connectivity index (χ3v) is 3.27. The quantitative estimate of drug-likeness (QED) is 0.688. The van der Waals surface area contributed by atoms with Crippen LogP contribution in [0.1, 0.15) is 45.1 Å². The first-order valence-electron chi connectivity index (χ1n) is 7.59. The van der Waals surface area contributed by atoms with Crippen molar-refractivity contribution in [2.24, 2.45) is 5.73 Å². The molecule has 0 aliphatic carbocycles. The number of hydrogen-bond donors (Lipinski definition) is 2. The summed E-state index contributed by atoms with van der Waals surface area (Å²) in [5.41, 5.74) is 6.79. The summed E-state index contributed by atoms with van der Waals surface area (Å²) in [6.07, 6.45) is 4.71. The summed E-state index contributed by atoms with van der Waals surface area (Å²) < 4.78 is 5.13. The second-order valence-corrected chi connectivity index (χ2v) is 6.17. The highest BCUT2D eigenvalue weighted by Crippen LogP contribution is 2.13. The van der Waals surface area contributed by atoms with Crippen molar-refractivity contribution in [3.63, 3.8) is 0 Å². The summed E-state index contributed by atoms with van der Waals surface area (Å²) in [6, 6.07) is 8.15. The van der Waals surface area contributed by atoms with Crippen molar-refractivity contribution >= 4 is 5.91 Å². The van der Waals surface area contributed by atoms with Gasteiger partial charge in [-0.25, -0.2) is 0 Å². The Bertz CT molecular complexity index is 421. The van der Waals surface area contributed by atoms with Gasteiger partial charge in [0, 0.05) is 18.5 Å². The van der Waals surface area contributed by atoms with Gasteiger partial charge in [0.2, 0.25) is 5.91 Å². The predicted molar refractivity (Wildman–Crippen MR) is 86.4 cm³/mol. The van der Waals surface area contributed by atoms with Crippen LogP contribution in [0.25, 0.3) is 0 Å². The molecule has 0 unspecified atom stereocenters. The van der Waals surface area contributed by atoms with Gasteiger partial charge in [0.15, 0.2) is 0 Å². The topological polar surface area (TPSA) is 64.3 Å². The van der Waals surface area contributed by atoms with Crippen LogP contribution < -0.4 is 15.8 Å². The Hall–Kier alpha value is -1.55. The largest absolute Gasteiger partial charge is 0.497 e. The first kappa shape index (κ1) is 17.5. The maximum Gasteiger partial charge on any atom is 0.220 e. The molecule has 1 rings (SSSR count). The number of rotatable bonds is 9. The molecule has 4 nitrogen and oxygen atoms in total. The number of carbonyl (C=O) groups excluding carboxylic acids is 1. The molecule has 0 saturated carbocycles. The van der Waals surface area contributed by atoms with Crippen molar-refractivity contribution in [3.05, 3.63) is 29.8 Å². The number of benzene rings is 1. The van der Waals surface area contributed by atoms with E-state index < -0.39 is 0 Å². The smallest absolute Gasteiger partial charge is 0.220 e. The van der Waals surface area contributed by atoms with E-state index in [9.17, 15) is 4.79 Å². The average Bonchev–Trinajstić information content (AvgIpc) is 2.44. The van der Waals surface area contributed by atoms with Crippen LogP contribution in [0.15, 0.2) is 24.3 Å². The summed E-state index contributed by atoms with van der Waals surface area (Å²) in [6.45, 7) is 4.34. The lowest BCUT2D eigenvalue weighted by atomic mass is 10.1. The molecule has 0 aliphatic rings. The van der Waals surface area contributed by atoms with Gasteiger partial charge < -0.3 is 15.8 Å². The minimum absolute atomic E-state index is 0.0953. The highest BCUT2D eigenvalue weighted by atomic mass is 16.5. The molecule has 0 aliphatic heterocycles. The predicted octanol–water partition coefficient (Wildman–Crippen LogP) is 2.65. The Labute approximate surface area is 128 Å². The zero-order valence-corrected chi connectivity index (χ0v) is 13.4. The summed E-state index contributed by atoms with van der Waals surface area (Å²) in [5, 5.41) is 2.87. The minimum atomic E-state index is -0.343. The van der Waals surface area contributed by atoms with E-state index in [2.05, 4.69) is 17.4 Å². The van der Waals surface area contributed by atoms with E-state index in [-0.39, 0.29) is 11.4 Å². The molecule has 0 spiro atoms. The van der Waals surface area contributed by atoms with Crippen molar-refractivity contribution in [2.75, 3.05) is 13.7 Å². The molecule has 1 aromatic rings. The van der Waals surface area contributed by atoms with E-state index in [0.717, 1.165) is 31.4 Å². The van der Waals surface area contributed by atoms with Crippen LogP contribution in [0.5, 0.6) is 5.75 Å². The van der Waals surface area contributed by atoms with E-state index in [4.69, 9.17) is 10.5 Å². The van der Waals surface area contributed by atoms with Gasteiger partial charge in [-0.15, -0.1) is 0 Å². The second kappa shape index (κ2) is 8.67. The molecule has 0 bridgehead atoms. The number of amides is 1. The van der Waals surface area contributed by atoms with Crippen LogP contribution in [0.2, 0.25) is 0 Å². The molecule has 3 N–H and O–H groups in total. The molecule has 0 radical (unpaired) electrons. The fourth-order valence-corrected chi connectivity index (χ4v) is 2.00. The van der Waals surface area contributed by atoms with Crippen LogP contribution in [0, 0.1) is 0 Å². The minimum Gasteiger partial charge on any atom is -0.497 e. The molecule has 0 aromatic heterocycles. The molecule has 1 aromatic carbocycles. The standard InChI is InChI=1S/C17H28N2O2/c1-17(2,18)13-19-16(20)8-6-4-5-7-14-9-11-15(21-3)12-10-14/h9-12H,4-8,13,18H2,1-3H3,(H,19,20). The lowest BCUT2D eigenvalue weighted by molar-refractivity contribution is -0.121. The molecule has 0 heterocycles. The van der Waals surface area contributed by atoms with E-state index in [1.807, 2.05) is 26.0 Å².